The molecular formula is C14H14FN3. The average molecular weight is 243 g/mol. The minimum Gasteiger partial charge on any atom is -0.385 e. The lowest BCUT2D eigenvalue weighted by molar-refractivity contribution is 0.481. The van der Waals surface area contributed by atoms with Crippen molar-refractivity contribution in [3.63, 3.8) is 0 Å². The van der Waals surface area contributed by atoms with Gasteiger partial charge in [-0.1, -0.05) is 0 Å². The molecule has 0 atom stereocenters. The first kappa shape index (κ1) is 11.0. The topological polar surface area (TPSA) is 40.7 Å². The van der Waals surface area contributed by atoms with Gasteiger partial charge in [-0.05, 0) is 36.8 Å². The van der Waals surface area contributed by atoms with Crippen molar-refractivity contribution in [2.24, 2.45) is 0 Å². The zero-order chi connectivity index (χ0) is 12.4. The maximum Gasteiger partial charge on any atom is 0.0957 e. The number of benzene rings is 1. The number of hydrogen-bond donors (Lipinski definition) is 2. The van der Waals surface area contributed by atoms with Gasteiger partial charge in [-0.25, -0.2) is 0 Å². The Kier molecular flexibility index (Phi) is 2.84. The summed E-state index contributed by atoms with van der Waals surface area (Å²) < 4.78 is 12.0. The summed E-state index contributed by atoms with van der Waals surface area (Å²) in [5.41, 5.74) is 4.08. The molecule has 92 valence electrons. The number of nitrogens with zero attached hydrogens (tertiary/aromatic N) is 1. The molecule has 0 unspecified atom stereocenters. The molecule has 3 rings (SSSR count). The molecule has 0 bridgehead atoms. The van der Waals surface area contributed by atoms with E-state index in [4.69, 9.17) is 0 Å². The Labute approximate surface area is 104 Å². The molecule has 0 aliphatic heterocycles. The number of aromatic nitrogens is 2. The minimum absolute atomic E-state index is 0.286. The van der Waals surface area contributed by atoms with Crippen LogP contribution >= 0.6 is 0 Å². The van der Waals surface area contributed by atoms with Crippen molar-refractivity contribution in [1.29, 1.82) is 0 Å². The van der Waals surface area contributed by atoms with Crippen LogP contribution in [-0.4, -0.2) is 23.2 Å². The quantitative estimate of drug-likeness (QED) is 0.689. The van der Waals surface area contributed by atoms with Crippen molar-refractivity contribution in [2.45, 2.75) is 6.42 Å². The van der Waals surface area contributed by atoms with E-state index in [-0.39, 0.29) is 6.67 Å². The Morgan fingerprint density at radius 3 is 3.06 bits per heavy atom. The Morgan fingerprint density at radius 2 is 2.17 bits per heavy atom. The third kappa shape index (κ3) is 1.90. The molecule has 0 saturated heterocycles. The third-order valence-electron chi connectivity index (χ3n) is 2.99. The van der Waals surface area contributed by atoms with E-state index in [1.165, 1.54) is 0 Å². The van der Waals surface area contributed by atoms with Crippen LogP contribution in [0.25, 0.3) is 21.9 Å². The molecule has 0 aliphatic carbocycles. The number of nitrogens with one attached hydrogen (secondary N) is 2. The smallest absolute Gasteiger partial charge is 0.0957 e. The van der Waals surface area contributed by atoms with Crippen LogP contribution in [0.4, 0.5) is 10.1 Å². The summed E-state index contributed by atoms with van der Waals surface area (Å²) in [5.74, 6) is 0. The number of rotatable bonds is 4. The average Bonchev–Trinajstić information content (AvgIpc) is 2.76. The highest BCUT2D eigenvalue weighted by atomic mass is 19.1. The molecular weight excluding hydrogens is 229 g/mol. The molecule has 18 heavy (non-hydrogen) atoms. The van der Waals surface area contributed by atoms with E-state index in [2.05, 4.69) is 15.3 Å². The summed E-state index contributed by atoms with van der Waals surface area (Å²) in [6, 6.07) is 10.0. The second-order valence-corrected chi connectivity index (χ2v) is 4.25. The maximum atomic E-state index is 12.0. The van der Waals surface area contributed by atoms with E-state index in [0.717, 1.165) is 27.6 Å². The number of pyridine rings is 1. The standard InChI is InChI=1S/C14H14FN3/c15-6-2-8-16-10-4-5-11-13(9-10)18-12-3-1-7-17-14(11)12/h1,3-5,7,9,16,18H,2,6,8H2. The fourth-order valence-electron chi connectivity index (χ4n) is 2.13. The van der Waals surface area contributed by atoms with Crippen molar-refractivity contribution >= 4 is 27.6 Å². The Hall–Kier alpha value is -2.10. The molecule has 0 fully saturated rings. The van der Waals surface area contributed by atoms with Crippen LogP contribution in [0.15, 0.2) is 36.5 Å². The second-order valence-electron chi connectivity index (χ2n) is 4.25. The minimum atomic E-state index is -0.286. The number of H-pyrrole nitrogens is 1. The van der Waals surface area contributed by atoms with Gasteiger partial charge in [-0.2, -0.15) is 0 Å². The molecule has 4 heteroatoms. The molecule has 3 aromatic rings. The van der Waals surface area contributed by atoms with Crippen LogP contribution in [0.1, 0.15) is 6.42 Å². The lowest BCUT2D eigenvalue weighted by Crippen LogP contribution is -2.01. The number of hydrogen-bond acceptors (Lipinski definition) is 2. The van der Waals surface area contributed by atoms with E-state index >= 15 is 0 Å². The fourth-order valence-corrected chi connectivity index (χ4v) is 2.13. The van der Waals surface area contributed by atoms with Crippen LogP contribution in [-0.2, 0) is 0 Å². The SMILES string of the molecule is FCCCNc1ccc2c(c1)[nH]c1cccnc12. The number of alkyl halides is 1. The molecule has 3 nitrogen and oxygen atoms in total. The largest absolute Gasteiger partial charge is 0.385 e. The molecule has 0 radical (unpaired) electrons. The van der Waals surface area contributed by atoms with Crippen molar-refractivity contribution < 1.29 is 4.39 Å². The van der Waals surface area contributed by atoms with Gasteiger partial charge in [-0.3, -0.25) is 9.37 Å². The summed E-state index contributed by atoms with van der Waals surface area (Å²) in [6.07, 6.45) is 2.33. The first-order valence-electron chi connectivity index (χ1n) is 6.05. The third-order valence-corrected chi connectivity index (χ3v) is 2.99. The monoisotopic (exact) mass is 243 g/mol. The van der Waals surface area contributed by atoms with E-state index in [1.54, 1.807) is 6.20 Å². The fraction of sp³-hybridized carbons (Fsp3) is 0.214. The maximum absolute atomic E-state index is 12.0. The Balaban J connectivity index is 1.99. The van der Waals surface area contributed by atoms with Gasteiger partial charge >= 0.3 is 0 Å². The van der Waals surface area contributed by atoms with Crippen LogP contribution in [0, 0.1) is 0 Å². The predicted octanol–water partition coefficient (Wildman–Crippen LogP) is 3.49. The lowest BCUT2D eigenvalue weighted by atomic mass is 10.2. The normalized spacial score (nSPS) is 11.2. The molecule has 0 saturated carbocycles. The Morgan fingerprint density at radius 1 is 1.22 bits per heavy atom. The van der Waals surface area contributed by atoms with Gasteiger partial charge in [0, 0.05) is 23.8 Å². The summed E-state index contributed by atoms with van der Waals surface area (Å²) >= 11 is 0. The van der Waals surface area contributed by atoms with Crippen LogP contribution in [0.5, 0.6) is 0 Å². The van der Waals surface area contributed by atoms with E-state index in [1.807, 2.05) is 30.3 Å². The molecule has 2 N–H and O–H groups in total. The van der Waals surface area contributed by atoms with Crippen molar-refractivity contribution in [2.75, 3.05) is 18.5 Å². The Bertz CT molecular complexity index is 675. The molecule has 2 heterocycles. The van der Waals surface area contributed by atoms with Crippen LogP contribution in [0.2, 0.25) is 0 Å². The number of fused-ring (bicyclic) bond motifs is 3. The van der Waals surface area contributed by atoms with Crippen LogP contribution < -0.4 is 5.32 Å². The first-order chi connectivity index (χ1) is 8.88. The molecule has 0 amide bonds. The van der Waals surface area contributed by atoms with Crippen LogP contribution in [0.3, 0.4) is 0 Å². The van der Waals surface area contributed by atoms with Gasteiger partial charge < -0.3 is 10.3 Å². The lowest BCUT2D eigenvalue weighted by Gasteiger charge is -2.04. The van der Waals surface area contributed by atoms with Crippen molar-refractivity contribution in [3.05, 3.63) is 36.5 Å². The predicted molar refractivity (Wildman–Crippen MR) is 72.7 cm³/mol. The summed E-state index contributed by atoms with van der Waals surface area (Å²) in [4.78, 5) is 7.71. The number of anilines is 1. The summed E-state index contributed by atoms with van der Waals surface area (Å²) in [7, 11) is 0. The molecule has 1 aromatic carbocycles. The van der Waals surface area contributed by atoms with Gasteiger partial charge in [0.15, 0.2) is 0 Å². The van der Waals surface area contributed by atoms with E-state index in [9.17, 15) is 4.39 Å². The van der Waals surface area contributed by atoms with Gasteiger partial charge in [0.1, 0.15) is 0 Å². The highest BCUT2D eigenvalue weighted by Crippen LogP contribution is 2.25. The van der Waals surface area contributed by atoms with E-state index in [0.29, 0.717) is 13.0 Å². The van der Waals surface area contributed by atoms with Gasteiger partial charge in [-0.15, -0.1) is 0 Å². The van der Waals surface area contributed by atoms with Gasteiger partial charge in [0.2, 0.25) is 0 Å². The summed E-state index contributed by atoms with van der Waals surface area (Å²) in [5, 5.41) is 4.31. The highest BCUT2D eigenvalue weighted by molar-refractivity contribution is 6.05. The van der Waals surface area contributed by atoms with Gasteiger partial charge in [0.25, 0.3) is 0 Å². The van der Waals surface area contributed by atoms with Crippen molar-refractivity contribution in [3.8, 4) is 0 Å². The number of halogens is 1. The van der Waals surface area contributed by atoms with E-state index < -0.39 is 0 Å². The molecule has 0 aliphatic rings. The number of aromatic amines is 1. The summed E-state index contributed by atoms with van der Waals surface area (Å²) in [6.45, 7) is 0.367. The molecule has 2 aromatic heterocycles. The zero-order valence-electron chi connectivity index (χ0n) is 9.91. The van der Waals surface area contributed by atoms with Gasteiger partial charge in [0.05, 0.1) is 23.2 Å². The zero-order valence-corrected chi connectivity index (χ0v) is 9.91. The first-order valence-corrected chi connectivity index (χ1v) is 6.05. The highest BCUT2D eigenvalue weighted by Gasteiger charge is 2.04. The second kappa shape index (κ2) is 4.64. The molecule has 0 spiro atoms. The van der Waals surface area contributed by atoms with Crippen molar-refractivity contribution in [1.82, 2.24) is 9.97 Å².